The lowest BCUT2D eigenvalue weighted by molar-refractivity contribution is 0.184. The van der Waals surface area contributed by atoms with Crippen molar-refractivity contribution in [3.05, 3.63) is 52.4 Å². The van der Waals surface area contributed by atoms with E-state index in [0.29, 0.717) is 6.61 Å². The lowest BCUT2D eigenvalue weighted by Crippen LogP contribution is -1.93. The Morgan fingerprint density at radius 3 is 2.15 bits per heavy atom. The third kappa shape index (κ3) is 9.88. The maximum atomic E-state index is 5.11. The molecule has 0 bridgehead atoms. The van der Waals surface area contributed by atoms with Crippen LogP contribution in [0, 0.1) is 6.92 Å². The second-order valence-electron chi connectivity index (χ2n) is 4.28. The molecule has 0 saturated heterocycles. The number of hydrogen-bond acceptors (Lipinski definition) is 2. The molecule has 0 N–H and O–H groups in total. The molecule has 114 valence electrons. The quantitative estimate of drug-likeness (QED) is 0.668. The first kappa shape index (κ1) is 21.3. The number of allylic oxidation sites excluding steroid dienone is 3. The first-order chi connectivity index (χ1) is 9.42. The highest BCUT2D eigenvalue weighted by molar-refractivity contribution is 7.84. The number of aryl methyl sites for hydroxylation is 1. The summed E-state index contributed by atoms with van der Waals surface area (Å²) in [6.45, 7) is 16.6. The summed E-state index contributed by atoms with van der Waals surface area (Å²) in [6.07, 6.45) is 1.95. The Kier molecular flexibility index (Phi) is 13.9. The van der Waals surface area contributed by atoms with Crippen LogP contribution < -0.4 is 0 Å². The number of ether oxygens (including phenoxy) is 1. The molecule has 0 heterocycles. The Morgan fingerprint density at radius 1 is 1.30 bits per heavy atom. The van der Waals surface area contributed by atoms with Crippen molar-refractivity contribution < 1.29 is 4.74 Å². The van der Waals surface area contributed by atoms with Gasteiger partial charge in [-0.1, -0.05) is 44.2 Å². The van der Waals surface area contributed by atoms with Gasteiger partial charge in [-0.2, -0.15) is 0 Å². The van der Waals surface area contributed by atoms with E-state index in [-0.39, 0.29) is 0 Å². The summed E-state index contributed by atoms with van der Waals surface area (Å²) < 4.78 is 5.11. The summed E-state index contributed by atoms with van der Waals surface area (Å²) in [5.41, 5.74) is 4.80. The zero-order chi connectivity index (χ0) is 16.1. The molecule has 0 aliphatic heterocycles. The van der Waals surface area contributed by atoms with Gasteiger partial charge in [0.05, 0.1) is 6.61 Å². The SMILES string of the molecule is C/C=C(\C)S.C=C(C)c1ccc(C)c(COC)c1.CC. The number of rotatable bonds is 3. The van der Waals surface area contributed by atoms with Crippen LogP contribution in [0.4, 0.5) is 0 Å². The minimum atomic E-state index is 0.674. The molecule has 1 aromatic carbocycles. The highest BCUT2D eigenvalue weighted by Crippen LogP contribution is 2.17. The van der Waals surface area contributed by atoms with E-state index >= 15 is 0 Å². The van der Waals surface area contributed by atoms with Gasteiger partial charge in [0.2, 0.25) is 0 Å². The molecule has 1 nitrogen and oxygen atoms in total. The summed E-state index contributed by atoms with van der Waals surface area (Å²) in [7, 11) is 1.72. The fourth-order valence-electron chi connectivity index (χ4n) is 1.25. The summed E-state index contributed by atoms with van der Waals surface area (Å²) in [6, 6.07) is 6.34. The lowest BCUT2D eigenvalue weighted by atomic mass is 10.0. The van der Waals surface area contributed by atoms with Crippen molar-refractivity contribution in [1.82, 2.24) is 0 Å². The average molecular weight is 295 g/mol. The van der Waals surface area contributed by atoms with E-state index in [4.69, 9.17) is 4.74 Å². The number of thiol groups is 1. The Labute approximate surface area is 131 Å². The lowest BCUT2D eigenvalue weighted by Gasteiger charge is -2.07. The molecule has 0 atom stereocenters. The first-order valence-corrected chi connectivity index (χ1v) is 7.43. The maximum Gasteiger partial charge on any atom is 0.0715 e. The predicted octanol–water partition coefficient (Wildman–Crippen LogP) is 6.04. The molecular formula is C18H30OS. The third-order valence-corrected chi connectivity index (χ3v) is 2.82. The van der Waals surface area contributed by atoms with Gasteiger partial charge in [-0.3, -0.25) is 0 Å². The number of benzene rings is 1. The van der Waals surface area contributed by atoms with E-state index in [2.05, 4.69) is 44.3 Å². The molecule has 0 fully saturated rings. The van der Waals surface area contributed by atoms with Crippen LogP contribution in [0.1, 0.15) is 51.3 Å². The van der Waals surface area contributed by atoms with Crippen molar-refractivity contribution in [1.29, 1.82) is 0 Å². The normalized spacial score (nSPS) is 9.90. The van der Waals surface area contributed by atoms with Crippen molar-refractivity contribution in [3.8, 4) is 0 Å². The molecule has 0 unspecified atom stereocenters. The number of methoxy groups -OCH3 is 1. The van der Waals surface area contributed by atoms with Crippen molar-refractivity contribution in [2.24, 2.45) is 0 Å². The van der Waals surface area contributed by atoms with Crippen molar-refractivity contribution in [2.45, 2.75) is 48.1 Å². The van der Waals surface area contributed by atoms with Crippen LogP contribution >= 0.6 is 12.6 Å². The second kappa shape index (κ2) is 13.0. The summed E-state index contributed by atoms with van der Waals surface area (Å²) in [5.74, 6) is 0. The van der Waals surface area contributed by atoms with Crippen molar-refractivity contribution in [3.63, 3.8) is 0 Å². The van der Waals surface area contributed by atoms with Crippen LogP contribution in [-0.2, 0) is 11.3 Å². The molecule has 1 aromatic rings. The van der Waals surface area contributed by atoms with Crippen LogP contribution in [0.3, 0.4) is 0 Å². The van der Waals surface area contributed by atoms with E-state index in [1.54, 1.807) is 7.11 Å². The zero-order valence-corrected chi connectivity index (χ0v) is 15.0. The Balaban J connectivity index is 0. The predicted molar refractivity (Wildman–Crippen MR) is 96.4 cm³/mol. The van der Waals surface area contributed by atoms with Gasteiger partial charge in [0, 0.05) is 7.11 Å². The van der Waals surface area contributed by atoms with Crippen LogP contribution in [0.2, 0.25) is 0 Å². The van der Waals surface area contributed by atoms with Gasteiger partial charge in [-0.25, -0.2) is 0 Å². The molecule has 0 amide bonds. The highest BCUT2D eigenvalue weighted by Gasteiger charge is 2.00. The largest absolute Gasteiger partial charge is 0.380 e. The van der Waals surface area contributed by atoms with Crippen LogP contribution in [0.25, 0.3) is 5.57 Å². The Morgan fingerprint density at radius 2 is 1.80 bits per heavy atom. The monoisotopic (exact) mass is 294 g/mol. The van der Waals surface area contributed by atoms with E-state index in [1.807, 2.05) is 40.7 Å². The van der Waals surface area contributed by atoms with E-state index in [1.165, 1.54) is 16.7 Å². The van der Waals surface area contributed by atoms with Crippen LogP contribution in [0.15, 0.2) is 35.8 Å². The van der Waals surface area contributed by atoms with Crippen molar-refractivity contribution in [2.75, 3.05) is 7.11 Å². The van der Waals surface area contributed by atoms with Gasteiger partial charge < -0.3 is 4.74 Å². The van der Waals surface area contributed by atoms with Crippen LogP contribution in [-0.4, -0.2) is 7.11 Å². The van der Waals surface area contributed by atoms with Crippen molar-refractivity contribution >= 4 is 18.2 Å². The minimum Gasteiger partial charge on any atom is -0.380 e. The fraction of sp³-hybridized carbons (Fsp3) is 0.444. The topological polar surface area (TPSA) is 9.23 Å². The smallest absolute Gasteiger partial charge is 0.0715 e. The van der Waals surface area contributed by atoms with Gasteiger partial charge in [0.25, 0.3) is 0 Å². The molecule has 0 radical (unpaired) electrons. The fourth-order valence-corrected chi connectivity index (χ4v) is 1.25. The molecular weight excluding hydrogens is 264 g/mol. The Hall–Kier alpha value is -0.990. The van der Waals surface area contributed by atoms with Gasteiger partial charge in [-0.15, -0.1) is 12.6 Å². The highest BCUT2D eigenvalue weighted by atomic mass is 32.1. The molecule has 0 saturated carbocycles. The molecule has 2 heteroatoms. The standard InChI is InChI=1S/C12H16O.C4H8S.C2H6/c1-9(2)11-6-5-10(3)12(7-11)8-13-4;1-3-4(2)5;1-2/h5-7H,1,8H2,2-4H3;3,5H,1-2H3;1-2H3/b;4-3+;. The minimum absolute atomic E-state index is 0.674. The average Bonchev–Trinajstić information content (AvgIpc) is 2.44. The summed E-state index contributed by atoms with van der Waals surface area (Å²) in [5, 5.41) is 0. The number of hydrogen-bond donors (Lipinski definition) is 1. The second-order valence-corrected chi connectivity index (χ2v) is 4.99. The van der Waals surface area contributed by atoms with E-state index in [9.17, 15) is 0 Å². The maximum absolute atomic E-state index is 5.11. The van der Waals surface area contributed by atoms with Gasteiger partial charge >= 0.3 is 0 Å². The van der Waals surface area contributed by atoms with E-state index < -0.39 is 0 Å². The first-order valence-electron chi connectivity index (χ1n) is 6.98. The third-order valence-electron chi connectivity index (χ3n) is 2.56. The Bertz CT molecular complexity index is 415. The summed E-state index contributed by atoms with van der Waals surface area (Å²) in [4.78, 5) is 1.07. The molecule has 0 aliphatic rings. The molecule has 1 rings (SSSR count). The van der Waals surface area contributed by atoms with E-state index in [0.717, 1.165) is 10.5 Å². The van der Waals surface area contributed by atoms with Crippen LogP contribution in [0.5, 0.6) is 0 Å². The van der Waals surface area contributed by atoms with Gasteiger partial charge in [-0.05, 0) is 55.4 Å². The van der Waals surface area contributed by atoms with Gasteiger partial charge in [0.15, 0.2) is 0 Å². The molecule has 0 aromatic heterocycles. The molecule has 0 aliphatic carbocycles. The summed E-state index contributed by atoms with van der Waals surface area (Å²) >= 11 is 3.96. The molecule has 0 spiro atoms. The van der Waals surface area contributed by atoms with Gasteiger partial charge in [0.1, 0.15) is 0 Å². The zero-order valence-electron chi connectivity index (χ0n) is 14.1. The molecule has 20 heavy (non-hydrogen) atoms.